The van der Waals surface area contributed by atoms with Crippen LogP contribution in [0.5, 0.6) is 0 Å². The molecule has 1 aromatic heterocycles. The van der Waals surface area contributed by atoms with E-state index < -0.39 is 0 Å². The van der Waals surface area contributed by atoms with Crippen molar-refractivity contribution in [1.29, 1.82) is 5.26 Å². The highest BCUT2D eigenvalue weighted by molar-refractivity contribution is 6.30. The highest BCUT2D eigenvalue weighted by Crippen LogP contribution is 2.26. The highest BCUT2D eigenvalue weighted by Gasteiger charge is 2.16. The molecule has 0 N–H and O–H groups in total. The molecule has 0 aliphatic carbocycles. The molecule has 1 rings (SSSR count). The molecule has 1 atom stereocenters. The minimum absolute atomic E-state index is 0.189. The van der Waals surface area contributed by atoms with Crippen molar-refractivity contribution in [2.24, 2.45) is 7.05 Å². The molecule has 0 aliphatic heterocycles. The lowest BCUT2D eigenvalue weighted by Crippen LogP contribution is -1.92. The maximum atomic E-state index is 8.70. The summed E-state index contributed by atoms with van der Waals surface area (Å²) in [4.78, 5) is 0. The molecule has 0 amide bonds. The van der Waals surface area contributed by atoms with Gasteiger partial charge < -0.3 is 0 Å². The highest BCUT2D eigenvalue weighted by atomic mass is 35.5. The van der Waals surface area contributed by atoms with Crippen molar-refractivity contribution >= 4 is 11.6 Å². The van der Waals surface area contributed by atoms with Gasteiger partial charge in [0.1, 0.15) is 5.15 Å². The maximum absolute atomic E-state index is 8.70. The van der Waals surface area contributed by atoms with Gasteiger partial charge in [0.25, 0.3) is 0 Å². The summed E-state index contributed by atoms with van der Waals surface area (Å²) in [6, 6.07) is 2.14. The first-order valence-electron chi connectivity index (χ1n) is 3.66. The number of nitrogens with zero attached hydrogens (tertiary/aromatic N) is 3. The first-order valence-corrected chi connectivity index (χ1v) is 4.04. The lowest BCUT2D eigenvalue weighted by atomic mass is 10.0. The van der Waals surface area contributed by atoms with E-state index in [0.717, 1.165) is 11.3 Å². The molecule has 0 fully saturated rings. The fraction of sp³-hybridized carbons (Fsp3) is 0.500. The molecule has 1 unspecified atom stereocenters. The molecule has 0 spiro atoms. The third-order valence-corrected chi connectivity index (χ3v) is 2.27. The molecule has 1 heterocycles. The Bertz CT molecular complexity index is 335. The summed E-state index contributed by atoms with van der Waals surface area (Å²) < 4.78 is 1.58. The monoisotopic (exact) mass is 183 g/mol. The van der Waals surface area contributed by atoms with E-state index in [1.807, 2.05) is 13.8 Å². The average molecular weight is 184 g/mol. The molecule has 1 aromatic rings. The molecule has 0 radical (unpaired) electrons. The van der Waals surface area contributed by atoms with Gasteiger partial charge in [0.15, 0.2) is 0 Å². The molecule has 12 heavy (non-hydrogen) atoms. The van der Waals surface area contributed by atoms with Crippen molar-refractivity contribution < 1.29 is 0 Å². The van der Waals surface area contributed by atoms with Gasteiger partial charge in [0.05, 0.1) is 17.7 Å². The lowest BCUT2D eigenvalue weighted by molar-refractivity contribution is 0.757. The van der Waals surface area contributed by atoms with Crippen LogP contribution in [0, 0.1) is 18.3 Å². The average Bonchev–Trinajstić information content (AvgIpc) is 2.26. The van der Waals surface area contributed by atoms with Crippen LogP contribution in [-0.2, 0) is 7.05 Å². The minimum Gasteiger partial charge on any atom is -0.256 e. The first-order chi connectivity index (χ1) is 5.57. The largest absolute Gasteiger partial charge is 0.256 e. The SMILES string of the molecule is Cc1nn(C)c(Cl)c1C(C)C#N. The summed E-state index contributed by atoms with van der Waals surface area (Å²) in [5.74, 6) is -0.189. The quantitative estimate of drug-likeness (QED) is 0.669. The predicted octanol–water partition coefficient (Wildman–Crippen LogP) is 2.01. The van der Waals surface area contributed by atoms with Gasteiger partial charge in [-0.2, -0.15) is 10.4 Å². The molecule has 4 heteroatoms. The van der Waals surface area contributed by atoms with Gasteiger partial charge in [-0.05, 0) is 13.8 Å². The summed E-state index contributed by atoms with van der Waals surface area (Å²) in [6.07, 6.45) is 0. The third kappa shape index (κ3) is 1.30. The van der Waals surface area contributed by atoms with E-state index in [1.165, 1.54) is 0 Å². The second kappa shape index (κ2) is 3.16. The number of halogens is 1. The molecule has 64 valence electrons. The van der Waals surface area contributed by atoms with Gasteiger partial charge >= 0.3 is 0 Å². The third-order valence-electron chi connectivity index (χ3n) is 1.82. The Kier molecular flexibility index (Phi) is 2.39. The van der Waals surface area contributed by atoms with Crippen LogP contribution in [0.4, 0.5) is 0 Å². The summed E-state index contributed by atoms with van der Waals surface area (Å²) in [7, 11) is 1.77. The molecule has 0 bridgehead atoms. The standard InChI is InChI=1S/C8H10ClN3/c1-5(4-10)7-6(2)11-12(3)8(7)9/h5H,1-3H3. The second-order valence-corrected chi connectivity index (χ2v) is 3.12. The molecule has 0 saturated carbocycles. The Balaban J connectivity index is 3.24. The first kappa shape index (κ1) is 9.08. The fourth-order valence-electron chi connectivity index (χ4n) is 1.20. The van der Waals surface area contributed by atoms with Crippen LogP contribution < -0.4 is 0 Å². The Morgan fingerprint density at radius 1 is 1.67 bits per heavy atom. The summed E-state index contributed by atoms with van der Waals surface area (Å²) in [5, 5.41) is 13.4. The van der Waals surface area contributed by atoms with Crippen LogP contribution in [0.3, 0.4) is 0 Å². The Hall–Kier alpha value is -1.01. The smallest absolute Gasteiger partial charge is 0.131 e. The second-order valence-electron chi connectivity index (χ2n) is 2.76. The summed E-state index contributed by atoms with van der Waals surface area (Å²) >= 11 is 5.94. The molecule has 0 aliphatic rings. The topological polar surface area (TPSA) is 41.6 Å². The number of aryl methyl sites for hydroxylation is 2. The molecule has 0 saturated heterocycles. The van der Waals surface area contributed by atoms with Crippen molar-refractivity contribution in [2.75, 3.05) is 0 Å². The van der Waals surface area contributed by atoms with E-state index in [2.05, 4.69) is 11.2 Å². The van der Waals surface area contributed by atoms with Crippen LogP contribution in [0.2, 0.25) is 5.15 Å². The van der Waals surface area contributed by atoms with Gasteiger partial charge in [0.2, 0.25) is 0 Å². The molecule has 3 nitrogen and oxygen atoms in total. The number of rotatable bonds is 1. The van der Waals surface area contributed by atoms with Crippen molar-refractivity contribution in [1.82, 2.24) is 9.78 Å². The minimum atomic E-state index is -0.189. The number of hydrogen-bond donors (Lipinski definition) is 0. The molecule has 0 aromatic carbocycles. The van der Waals surface area contributed by atoms with E-state index in [4.69, 9.17) is 16.9 Å². The number of hydrogen-bond acceptors (Lipinski definition) is 2. The van der Waals surface area contributed by atoms with E-state index in [0.29, 0.717) is 5.15 Å². The van der Waals surface area contributed by atoms with Crippen molar-refractivity contribution in [3.63, 3.8) is 0 Å². The zero-order valence-corrected chi connectivity index (χ0v) is 8.05. The van der Waals surface area contributed by atoms with E-state index in [1.54, 1.807) is 11.7 Å². The fourth-order valence-corrected chi connectivity index (χ4v) is 1.54. The summed E-state index contributed by atoms with van der Waals surface area (Å²) in [6.45, 7) is 3.67. The van der Waals surface area contributed by atoms with E-state index in [-0.39, 0.29) is 5.92 Å². The Morgan fingerprint density at radius 3 is 2.58 bits per heavy atom. The predicted molar refractivity (Wildman–Crippen MR) is 47.0 cm³/mol. The van der Waals surface area contributed by atoms with Crippen molar-refractivity contribution in [3.8, 4) is 6.07 Å². The van der Waals surface area contributed by atoms with Crippen molar-refractivity contribution in [3.05, 3.63) is 16.4 Å². The van der Waals surface area contributed by atoms with E-state index in [9.17, 15) is 0 Å². The van der Waals surface area contributed by atoms with Crippen molar-refractivity contribution in [2.45, 2.75) is 19.8 Å². The van der Waals surface area contributed by atoms with Gasteiger partial charge in [-0.15, -0.1) is 0 Å². The van der Waals surface area contributed by atoms with Gasteiger partial charge in [-0.1, -0.05) is 11.6 Å². The number of nitriles is 1. The molecular formula is C8H10ClN3. The number of aromatic nitrogens is 2. The molecular weight excluding hydrogens is 174 g/mol. The zero-order valence-electron chi connectivity index (χ0n) is 7.30. The lowest BCUT2D eigenvalue weighted by Gasteiger charge is -1.99. The van der Waals surface area contributed by atoms with Crippen LogP contribution >= 0.6 is 11.6 Å². The van der Waals surface area contributed by atoms with Gasteiger partial charge in [-0.3, -0.25) is 4.68 Å². The van der Waals surface area contributed by atoms with Gasteiger partial charge in [-0.25, -0.2) is 0 Å². The van der Waals surface area contributed by atoms with Gasteiger partial charge in [0, 0.05) is 12.6 Å². The Labute approximate surface area is 76.6 Å². The zero-order chi connectivity index (χ0) is 9.30. The van der Waals surface area contributed by atoms with Crippen LogP contribution in [0.1, 0.15) is 24.1 Å². The Morgan fingerprint density at radius 2 is 2.25 bits per heavy atom. The maximum Gasteiger partial charge on any atom is 0.131 e. The van der Waals surface area contributed by atoms with Crippen LogP contribution in [0.15, 0.2) is 0 Å². The van der Waals surface area contributed by atoms with E-state index >= 15 is 0 Å². The van der Waals surface area contributed by atoms with Crippen LogP contribution in [0.25, 0.3) is 0 Å². The normalized spacial score (nSPS) is 12.6. The summed E-state index contributed by atoms with van der Waals surface area (Å²) in [5.41, 5.74) is 1.67. The van der Waals surface area contributed by atoms with Crippen LogP contribution in [-0.4, -0.2) is 9.78 Å².